The quantitative estimate of drug-likeness (QED) is 0.812. The molecule has 2 heterocycles. The van der Waals surface area contributed by atoms with Gasteiger partial charge in [0.2, 0.25) is 5.91 Å². The number of hydrogen-bond donors (Lipinski definition) is 2. The molecule has 7 nitrogen and oxygen atoms in total. The molecule has 3 rings (SSSR count). The van der Waals surface area contributed by atoms with Crippen LogP contribution in [0.25, 0.3) is 0 Å². The Morgan fingerprint density at radius 3 is 2.70 bits per heavy atom. The number of hydrogen-bond acceptors (Lipinski definition) is 5. The Hall–Kier alpha value is -1.89. The molecule has 0 bridgehead atoms. The monoisotopic (exact) mass is 321 g/mol. The maximum atomic E-state index is 12.1. The van der Waals surface area contributed by atoms with Crippen molar-refractivity contribution in [1.29, 1.82) is 0 Å². The number of amides is 2. The van der Waals surface area contributed by atoms with Gasteiger partial charge >= 0.3 is 0 Å². The van der Waals surface area contributed by atoms with E-state index in [4.69, 9.17) is 9.63 Å². The molecule has 2 N–H and O–H groups in total. The molecule has 1 aromatic rings. The van der Waals surface area contributed by atoms with Crippen LogP contribution in [0.15, 0.2) is 10.6 Å². The van der Waals surface area contributed by atoms with Crippen LogP contribution in [-0.4, -0.2) is 53.2 Å². The average molecular weight is 321 g/mol. The number of rotatable bonds is 6. The molecule has 7 heteroatoms. The van der Waals surface area contributed by atoms with E-state index in [1.54, 1.807) is 11.0 Å². The van der Waals surface area contributed by atoms with Gasteiger partial charge in [-0.2, -0.15) is 0 Å². The van der Waals surface area contributed by atoms with E-state index in [1.807, 2.05) is 0 Å². The van der Waals surface area contributed by atoms with Crippen LogP contribution < -0.4 is 5.32 Å². The van der Waals surface area contributed by atoms with Crippen LogP contribution in [0.5, 0.6) is 0 Å². The third-order valence-corrected chi connectivity index (χ3v) is 4.58. The van der Waals surface area contributed by atoms with Crippen LogP contribution in [0.2, 0.25) is 0 Å². The number of carbonyl (C=O) groups excluding carboxylic acids is 2. The number of nitrogens with zero attached hydrogens (tertiary/aromatic N) is 2. The third-order valence-electron chi connectivity index (χ3n) is 4.58. The minimum atomic E-state index is -0.195. The van der Waals surface area contributed by atoms with E-state index in [1.165, 1.54) is 0 Å². The first-order chi connectivity index (χ1) is 11.2. The zero-order valence-corrected chi connectivity index (χ0v) is 13.2. The van der Waals surface area contributed by atoms with Crippen molar-refractivity contribution in [3.05, 3.63) is 17.5 Å². The fraction of sp³-hybridized carbons (Fsp3) is 0.688. The lowest BCUT2D eigenvalue weighted by Gasteiger charge is -2.32. The second kappa shape index (κ2) is 7.12. The first-order valence-electron chi connectivity index (χ1n) is 8.31. The van der Waals surface area contributed by atoms with Gasteiger partial charge in [-0.25, -0.2) is 0 Å². The lowest BCUT2D eigenvalue weighted by Crippen LogP contribution is -2.41. The van der Waals surface area contributed by atoms with Crippen molar-refractivity contribution >= 4 is 11.8 Å². The van der Waals surface area contributed by atoms with Crippen LogP contribution in [0.3, 0.4) is 0 Å². The highest BCUT2D eigenvalue weighted by molar-refractivity contribution is 5.92. The van der Waals surface area contributed by atoms with E-state index in [0.717, 1.165) is 31.4 Å². The second-order valence-electron chi connectivity index (χ2n) is 6.40. The molecule has 1 aliphatic heterocycles. The van der Waals surface area contributed by atoms with Crippen molar-refractivity contribution in [3.63, 3.8) is 0 Å². The number of carbonyl (C=O) groups is 2. The van der Waals surface area contributed by atoms with Crippen LogP contribution >= 0.6 is 0 Å². The molecule has 0 spiro atoms. The molecule has 0 unspecified atom stereocenters. The Kier molecular flexibility index (Phi) is 4.95. The summed E-state index contributed by atoms with van der Waals surface area (Å²) in [4.78, 5) is 25.6. The summed E-state index contributed by atoms with van der Waals surface area (Å²) >= 11 is 0. The average Bonchev–Trinajstić information content (AvgIpc) is 3.30. The first-order valence-corrected chi connectivity index (χ1v) is 8.31. The standard InChI is InChI=1S/C16H23N3O4/c20-8-5-15(21)19-6-3-11(4-7-19)10-17-16(22)13-9-14(23-18-13)12-1-2-12/h9,11-12,20H,1-8,10H2,(H,17,22). The molecular formula is C16H23N3O4. The van der Waals surface area contributed by atoms with Gasteiger partial charge in [0.15, 0.2) is 5.69 Å². The number of aromatic nitrogens is 1. The predicted molar refractivity (Wildman–Crippen MR) is 81.8 cm³/mol. The number of piperidine rings is 1. The van der Waals surface area contributed by atoms with Gasteiger partial charge in [-0.05, 0) is 31.6 Å². The summed E-state index contributed by atoms with van der Waals surface area (Å²) in [5, 5.41) is 15.5. The zero-order chi connectivity index (χ0) is 16.2. The Morgan fingerprint density at radius 1 is 1.30 bits per heavy atom. The van der Waals surface area contributed by atoms with Crippen molar-refractivity contribution in [3.8, 4) is 0 Å². The molecule has 23 heavy (non-hydrogen) atoms. The van der Waals surface area contributed by atoms with E-state index in [0.29, 0.717) is 37.2 Å². The van der Waals surface area contributed by atoms with Crippen LogP contribution in [0.4, 0.5) is 0 Å². The van der Waals surface area contributed by atoms with Gasteiger partial charge in [-0.3, -0.25) is 9.59 Å². The SMILES string of the molecule is O=C(NCC1CCN(C(=O)CCO)CC1)c1cc(C2CC2)on1. The molecule has 126 valence electrons. The van der Waals surface area contributed by atoms with E-state index in [9.17, 15) is 9.59 Å². The Balaban J connectivity index is 1.40. The summed E-state index contributed by atoms with van der Waals surface area (Å²) in [6, 6.07) is 1.74. The topological polar surface area (TPSA) is 95.7 Å². The van der Waals surface area contributed by atoms with E-state index >= 15 is 0 Å². The molecule has 0 atom stereocenters. The molecule has 2 aliphatic rings. The maximum Gasteiger partial charge on any atom is 0.273 e. The van der Waals surface area contributed by atoms with Crippen LogP contribution in [0.1, 0.15) is 54.3 Å². The van der Waals surface area contributed by atoms with Crippen LogP contribution in [0, 0.1) is 5.92 Å². The highest BCUT2D eigenvalue weighted by atomic mass is 16.5. The van der Waals surface area contributed by atoms with E-state index in [-0.39, 0.29) is 24.8 Å². The molecule has 1 aliphatic carbocycles. The van der Waals surface area contributed by atoms with Gasteiger partial charge in [0.05, 0.1) is 6.61 Å². The van der Waals surface area contributed by atoms with Crippen molar-refractivity contribution < 1.29 is 19.2 Å². The summed E-state index contributed by atoms with van der Waals surface area (Å²) in [5.74, 6) is 1.44. The second-order valence-corrected chi connectivity index (χ2v) is 6.40. The molecule has 2 amide bonds. The zero-order valence-electron chi connectivity index (χ0n) is 13.2. The Bertz CT molecular complexity index is 559. The number of aliphatic hydroxyl groups excluding tert-OH is 1. The van der Waals surface area contributed by atoms with Crippen LogP contribution in [-0.2, 0) is 4.79 Å². The summed E-state index contributed by atoms with van der Waals surface area (Å²) in [6.07, 6.45) is 4.15. The summed E-state index contributed by atoms with van der Waals surface area (Å²) < 4.78 is 5.19. The lowest BCUT2D eigenvalue weighted by molar-refractivity contribution is -0.133. The minimum absolute atomic E-state index is 0.00480. The van der Waals surface area contributed by atoms with E-state index in [2.05, 4.69) is 10.5 Å². The van der Waals surface area contributed by atoms with Gasteiger partial charge in [0, 0.05) is 38.0 Å². The minimum Gasteiger partial charge on any atom is -0.396 e. The van der Waals surface area contributed by atoms with E-state index < -0.39 is 0 Å². The van der Waals surface area contributed by atoms with Gasteiger partial charge in [-0.1, -0.05) is 5.16 Å². The fourth-order valence-corrected chi connectivity index (χ4v) is 2.92. The Morgan fingerprint density at radius 2 is 2.04 bits per heavy atom. The smallest absolute Gasteiger partial charge is 0.273 e. The highest BCUT2D eigenvalue weighted by Gasteiger charge is 2.29. The van der Waals surface area contributed by atoms with Crippen molar-refractivity contribution in [2.75, 3.05) is 26.2 Å². The normalized spacial score (nSPS) is 18.9. The number of nitrogens with one attached hydrogen (secondary N) is 1. The maximum absolute atomic E-state index is 12.1. The van der Waals surface area contributed by atoms with Gasteiger partial charge in [-0.15, -0.1) is 0 Å². The molecule has 1 aromatic heterocycles. The van der Waals surface area contributed by atoms with Gasteiger partial charge < -0.3 is 19.8 Å². The summed E-state index contributed by atoms with van der Waals surface area (Å²) in [7, 11) is 0. The van der Waals surface area contributed by atoms with Crippen molar-refractivity contribution in [2.24, 2.45) is 5.92 Å². The predicted octanol–water partition coefficient (Wildman–Crippen LogP) is 0.903. The highest BCUT2D eigenvalue weighted by Crippen LogP contribution is 2.40. The summed E-state index contributed by atoms with van der Waals surface area (Å²) in [6.45, 7) is 1.87. The lowest BCUT2D eigenvalue weighted by atomic mass is 9.96. The largest absolute Gasteiger partial charge is 0.396 e. The molecule has 2 fully saturated rings. The number of aliphatic hydroxyl groups is 1. The fourth-order valence-electron chi connectivity index (χ4n) is 2.92. The van der Waals surface area contributed by atoms with Gasteiger partial charge in [0.1, 0.15) is 5.76 Å². The summed E-state index contributed by atoms with van der Waals surface area (Å²) in [5.41, 5.74) is 0.349. The molecule has 0 radical (unpaired) electrons. The first kappa shape index (κ1) is 16.0. The molecular weight excluding hydrogens is 298 g/mol. The number of likely N-dealkylation sites (tertiary alicyclic amines) is 1. The van der Waals surface area contributed by atoms with Crippen molar-refractivity contribution in [1.82, 2.24) is 15.4 Å². The Labute approximate surface area is 135 Å². The molecule has 0 aromatic carbocycles. The van der Waals surface area contributed by atoms with Gasteiger partial charge in [0.25, 0.3) is 5.91 Å². The third kappa shape index (κ3) is 4.10. The molecule has 1 saturated heterocycles. The molecule has 1 saturated carbocycles. The van der Waals surface area contributed by atoms with Crippen molar-refractivity contribution in [2.45, 2.75) is 38.0 Å².